The van der Waals surface area contributed by atoms with Gasteiger partial charge in [0.1, 0.15) is 11.5 Å². The molecule has 0 aliphatic heterocycles. The molecule has 0 saturated heterocycles. The second-order valence-corrected chi connectivity index (χ2v) is 5.85. The molecular formula is C19H25ClO2. The number of fused-ring (bicyclic) bond motifs is 1. The van der Waals surface area contributed by atoms with Gasteiger partial charge in [0.2, 0.25) is 0 Å². The first-order valence-corrected chi connectivity index (χ1v) is 8.64. The van der Waals surface area contributed by atoms with E-state index >= 15 is 0 Å². The molecule has 22 heavy (non-hydrogen) atoms. The van der Waals surface area contributed by atoms with Gasteiger partial charge in [-0.05, 0) is 25.0 Å². The van der Waals surface area contributed by atoms with Crippen LogP contribution < -0.4 is 9.47 Å². The maximum absolute atomic E-state index is 5.97. The first kappa shape index (κ1) is 17.0. The van der Waals surface area contributed by atoms with Gasteiger partial charge in [-0.25, -0.2) is 0 Å². The second kappa shape index (κ2) is 9.58. The molecule has 0 aliphatic carbocycles. The SMILES string of the molecule is COc1ccc(OCCCCCCCCCl)c2ccccc12. The summed E-state index contributed by atoms with van der Waals surface area (Å²) in [5.74, 6) is 2.62. The highest BCUT2D eigenvalue weighted by atomic mass is 35.5. The first-order valence-electron chi connectivity index (χ1n) is 8.11. The maximum atomic E-state index is 5.97. The van der Waals surface area contributed by atoms with E-state index in [-0.39, 0.29) is 0 Å². The summed E-state index contributed by atoms with van der Waals surface area (Å²) in [6, 6.07) is 12.2. The molecule has 0 heterocycles. The zero-order chi connectivity index (χ0) is 15.6. The summed E-state index contributed by atoms with van der Waals surface area (Å²) in [5, 5.41) is 2.22. The number of hydrogen-bond acceptors (Lipinski definition) is 2. The van der Waals surface area contributed by atoms with Crippen LogP contribution in [0.5, 0.6) is 11.5 Å². The molecule has 0 amide bonds. The van der Waals surface area contributed by atoms with Crippen LogP contribution in [0.1, 0.15) is 38.5 Å². The number of ether oxygens (including phenoxy) is 2. The summed E-state index contributed by atoms with van der Waals surface area (Å²) in [6.07, 6.45) is 7.24. The van der Waals surface area contributed by atoms with Gasteiger partial charge in [0, 0.05) is 16.7 Å². The van der Waals surface area contributed by atoms with Gasteiger partial charge in [-0.1, -0.05) is 49.9 Å². The first-order chi connectivity index (χ1) is 10.9. The van der Waals surface area contributed by atoms with Crippen LogP contribution in [0.4, 0.5) is 0 Å². The van der Waals surface area contributed by atoms with Crippen molar-refractivity contribution in [3.05, 3.63) is 36.4 Å². The molecule has 2 aromatic carbocycles. The minimum atomic E-state index is 0.770. The average Bonchev–Trinajstić information content (AvgIpc) is 2.57. The van der Waals surface area contributed by atoms with E-state index in [0.717, 1.165) is 47.6 Å². The molecule has 0 aliphatic rings. The van der Waals surface area contributed by atoms with Crippen LogP contribution in [-0.2, 0) is 0 Å². The van der Waals surface area contributed by atoms with Gasteiger partial charge in [-0.15, -0.1) is 11.6 Å². The van der Waals surface area contributed by atoms with E-state index < -0.39 is 0 Å². The Balaban J connectivity index is 1.82. The van der Waals surface area contributed by atoms with E-state index in [1.54, 1.807) is 7.11 Å². The number of methoxy groups -OCH3 is 1. The Bertz CT molecular complexity index is 568. The third-order valence-corrected chi connectivity index (χ3v) is 4.12. The van der Waals surface area contributed by atoms with Crippen LogP contribution in [0.3, 0.4) is 0 Å². The van der Waals surface area contributed by atoms with Gasteiger partial charge in [0.15, 0.2) is 0 Å². The van der Waals surface area contributed by atoms with E-state index in [1.165, 1.54) is 25.7 Å². The van der Waals surface area contributed by atoms with Crippen molar-refractivity contribution in [1.82, 2.24) is 0 Å². The molecule has 0 saturated carbocycles. The number of benzene rings is 2. The lowest BCUT2D eigenvalue weighted by Crippen LogP contribution is -1.98. The molecule has 0 unspecified atom stereocenters. The zero-order valence-corrected chi connectivity index (χ0v) is 14.1. The third kappa shape index (κ3) is 4.81. The van der Waals surface area contributed by atoms with Gasteiger partial charge in [-0.3, -0.25) is 0 Å². The van der Waals surface area contributed by atoms with Crippen molar-refractivity contribution < 1.29 is 9.47 Å². The lowest BCUT2D eigenvalue weighted by atomic mass is 10.1. The molecule has 0 aromatic heterocycles. The Labute approximate surface area is 138 Å². The van der Waals surface area contributed by atoms with Gasteiger partial charge in [0.25, 0.3) is 0 Å². The Morgan fingerprint density at radius 3 is 2.05 bits per heavy atom. The number of hydrogen-bond donors (Lipinski definition) is 0. The molecule has 3 heteroatoms. The number of unbranched alkanes of at least 4 members (excludes halogenated alkanes) is 5. The molecule has 2 nitrogen and oxygen atoms in total. The smallest absolute Gasteiger partial charge is 0.127 e. The van der Waals surface area contributed by atoms with Crippen molar-refractivity contribution in [3.63, 3.8) is 0 Å². The number of halogens is 1. The van der Waals surface area contributed by atoms with Gasteiger partial charge in [0.05, 0.1) is 13.7 Å². The lowest BCUT2D eigenvalue weighted by molar-refractivity contribution is 0.307. The zero-order valence-electron chi connectivity index (χ0n) is 13.3. The summed E-state index contributed by atoms with van der Waals surface area (Å²) in [7, 11) is 1.70. The summed E-state index contributed by atoms with van der Waals surface area (Å²) in [6.45, 7) is 0.770. The van der Waals surface area contributed by atoms with E-state index in [1.807, 2.05) is 24.3 Å². The van der Waals surface area contributed by atoms with Gasteiger partial charge in [-0.2, -0.15) is 0 Å². The van der Waals surface area contributed by atoms with Crippen LogP contribution in [-0.4, -0.2) is 19.6 Å². The van der Waals surface area contributed by atoms with Crippen molar-refractivity contribution in [3.8, 4) is 11.5 Å². The van der Waals surface area contributed by atoms with Crippen molar-refractivity contribution in [2.24, 2.45) is 0 Å². The Morgan fingerprint density at radius 2 is 1.36 bits per heavy atom. The van der Waals surface area contributed by atoms with Crippen molar-refractivity contribution >= 4 is 22.4 Å². The minimum Gasteiger partial charge on any atom is -0.496 e. The van der Waals surface area contributed by atoms with Gasteiger partial charge < -0.3 is 9.47 Å². The molecule has 0 atom stereocenters. The van der Waals surface area contributed by atoms with Crippen molar-refractivity contribution in [2.45, 2.75) is 38.5 Å². The van der Waals surface area contributed by atoms with Crippen LogP contribution >= 0.6 is 11.6 Å². The minimum absolute atomic E-state index is 0.770. The molecule has 0 radical (unpaired) electrons. The monoisotopic (exact) mass is 320 g/mol. The van der Waals surface area contributed by atoms with Crippen molar-refractivity contribution in [2.75, 3.05) is 19.6 Å². The molecule has 0 fully saturated rings. The molecule has 120 valence electrons. The van der Waals surface area contributed by atoms with Crippen LogP contribution in [0, 0.1) is 0 Å². The second-order valence-electron chi connectivity index (χ2n) is 5.47. The predicted octanol–water partition coefficient (Wildman–Crippen LogP) is 5.81. The fourth-order valence-corrected chi connectivity index (χ4v) is 2.82. The summed E-state index contributed by atoms with van der Waals surface area (Å²) in [5.41, 5.74) is 0. The molecule has 0 N–H and O–H groups in total. The van der Waals surface area contributed by atoms with Crippen LogP contribution in [0.15, 0.2) is 36.4 Å². The highest BCUT2D eigenvalue weighted by Crippen LogP contribution is 2.32. The topological polar surface area (TPSA) is 18.5 Å². The summed E-state index contributed by atoms with van der Waals surface area (Å²) >= 11 is 5.67. The quantitative estimate of drug-likeness (QED) is 0.406. The normalized spacial score (nSPS) is 10.8. The van der Waals surface area contributed by atoms with E-state index in [4.69, 9.17) is 21.1 Å². The Kier molecular flexibility index (Phi) is 7.38. The average molecular weight is 321 g/mol. The Morgan fingerprint density at radius 1 is 0.773 bits per heavy atom. The molecule has 0 spiro atoms. The highest BCUT2D eigenvalue weighted by molar-refractivity contribution is 6.17. The Hall–Kier alpha value is -1.41. The highest BCUT2D eigenvalue weighted by Gasteiger charge is 2.06. The standard InChI is InChI=1S/C19H25ClO2/c1-21-18-12-13-19(17-11-7-6-10-16(17)18)22-15-9-5-3-2-4-8-14-20/h6-7,10-13H,2-5,8-9,14-15H2,1H3. The van der Waals surface area contributed by atoms with E-state index in [0.29, 0.717) is 0 Å². The molecule has 2 aromatic rings. The largest absolute Gasteiger partial charge is 0.496 e. The fraction of sp³-hybridized carbons (Fsp3) is 0.474. The fourth-order valence-electron chi connectivity index (χ4n) is 2.63. The van der Waals surface area contributed by atoms with Crippen LogP contribution in [0.25, 0.3) is 10.8 Å². The van der Waals surface area contributed by atoms with E-state index in [2.05, 4.69) is 12.1 Å². The van der Waals surface area contributed by atoms with Crippen molar-refractivity contribution in [1.29, 1.82) is 0 Å². The third-order valence-electron chi connectivity index (χ3n) is 3.85. The number of alkyl halides is 1. The summed E-state index contributed by atoms with van der Waals surface area (Å²) in [4.78, 5) is 0. The maximum Gasteiger partial charge on any atom is 0.127 e. The number of rotatable bonds is 10. The molecular weight excluding hydrogens is 296 g/mol. The lowest BCUT2D eigenvalue weighted by Gasteiger charge is -2.12. The van der Waals surface area contributed by atoms with Gasteiger partial charge >= 0.3 is 0 Å². The molecule has 2 rings (SSSR count). The molecule has 0 bridgehead atoms. The predicted molar refractivity (Wildman–Crippen MR) is 94.4 cm³/mol. The summed E-state index contributed by atoms with van der Waals surface area (Å²) < 4.78 is 11.4. The van der Waals surface area contributed by atoms with E-state index in [9.17, 15) is 0 Å². The van der Waals surface area contributed by atoms with Crippen LogP contribution in [0.2, 0.25) is 0 Å².